The number of amides is 1. The minimum absolute atomic E-state index is 0.104. The Labute approximate surface area is 220 Å². The molecule has 36 heavy (non-hydrogen) atoms. The van der Waals surface area contributed by atoms with Crippen LogP contribution in [0.5, 0.6) is 0 Å². The van der Waals surface area contributed by atoms with E-state index in [1.165, 1.54) is 27.9 Å². The van der Waals surface area contributed by atoms with Crippen LogP contribution in [0.3, 0.4) is 0 Å². The highest BCUT2D eigenvalue weighted by Gasteiger charge is 2.26. The summed E-state index contributed by atoms with van der Waals surface area (Å²) in [7, 11) is 2.19. The number of piperazine rings is 1. The number of aryl methyl sites for hydroxylation is 2. The standard InChI is InChI=1S/C31H36ClN3O/c1-21-4-13-30(35-16-14-34(3)15-17-35)29-20-26(10-12-28(21)29)33-31(36)19-23-5-7-24(8-6-23)27-11-9-25(32)18-22(27)2/h4-9,11,13,18,26H,10,12,14-17,19-20H2,1-3H3,(H,33,36)/t26-/m0/s1. The average molecular weight is 502 g/mol. The predicted molar refractivity (Wildman–Crippen MR) is 150 cm³/mol. The van der Waals surface area contributed by atoms with Crippen molar-refractivity contribution < 1.29 is 4.79 Å². The average Bonchev–Trinajstić information content (AvgIpc) is 2.86. The molecule has 1 heterocycles. The second kappa shape index (κ2) is 10.7. The number of hydrogen-bond donors (Lipinski definition) is 1. The topological polar surface area (TPSA) is 35.6 Å². The molecule has 1 atom stereocenters. The van der Waals surface area contributed by atoms with Crippen molar-refractivity contribution in [1.82, 2.24) is 10.2 Å². The van der Waals surface area contributed by atoms with Crippen LogP contribution in [0.25, 0.3) is 11.1 Å². The third-order valence-corrected chi connectivity index (χ3v) is 8.10. The first-order chi connectivity index (χ1) is 17.4. The highest BCUT2D eigenvalue weighted by atomic mass is 35.5. The monoisotopic (exact) mass is 501 g/mol. The number of nitrogens with zero attached hydrogens (tertiary/aromatic N) is 2. The Morgan fingerprint density at radius 3 is 2.42 bits per heavy atom. The fourth-order valence-electron chi connectivity index (χ4n) is 5.72. The van der Waals surface area contributed by atoms with Crippen molar-refractivity contribution in [2.75, 3.05) is 38.1 Å². The number of hydrogen-bond acceptors (Lipinski definition) is 3. The van der Waals surface area contributed by atoms with Gasteiger partial charge in [0.2, 0.25) is 5.91 Å². The Balaban J connectivity index is 1.24. The van der Waals surface area contributed by atoms with Gasteiger partial charge < -0.3 is 15.1 Å². The number of benzene rings is 3. The Bertz CT molecular complexity index is 1250. The molecule has 4 nitrogen and oxygen atoms in total. The van der Waals surface area contributed by atoms with Crippen LogP contribution in [0.2, 0.25) is 5.02 Å². The molecule has 3 aromatic rings. The van der Waals surface area contributed by atoms with Crippen molar-refractivity contribution in [2.45, 2.75) is 45.6 Å². The number of anilines is 1. The summed E-state index contributed by atoms with van der Waals surface area (Å²) in [6.07, 6.45) is 3.35. The molecule has 0 spiro atoms. The largest absolute Gasteiger partial charge is 0.369 e. The number of halogens is 1. The number of carbonyl (C=O) groups is 1. The first-order valence-corrected chi connectivity index (χ1v) is 13.4. The van der Waals surface area contributed by atoms with Crippen molar-refractivity contribution in [3.63, 3.8) is 0 Å². The molecule has 0 aromatic heterocycles. The summed E-state index contributed by atoms with van der Waals surface area (Å²) in [5.41, 5.74) is 10.2. The summed E-state index contributed by atoms with van der Waals surface area (Å²) in [5, 5.41) is 4.10. The van der Waals surface area contributed by atoms with Crippen LogP contribution in [0, 0.1) is 13.8 Å². The number of carbonyl (C=O) groups excluding carboxylic acids is 1. The van der Waals surface area contributed by atoms with Crippen LogP contribution >= 0.6 is 11.6 Å². The van der Waals surface area contributed by atoms with Gasteiger partial charge >= 0.3 is 0 Å². The highest BCUT2D eigenvalue weighted by Crippen LogP contribution is 2.33. The van der Waals surface area contributed by atoms with E-state index in [1.54, 1.807) is 0 Å². The van der Waals surface area contributed by atoms with Crippen LogP contribution in [-0.2, 0) is 24.1 Å². The summed E-state index contributed by atoms with van der Waals surface area (Å²) < 4.78 is 0. The van der Waals surface area contributed by atoms with Crippen LogP contribution in [-0.4, -0.2) is 50.1 Å². The molecule has 0 unspecified atom stereocenters. The van der Waals surface area contributed by atoms with Crippen LogP contribution in [0.1, 0.15) is 34.2 Å². The molecule has 1 amide bonds. The van der Waals surface area contributed by atoms with Gasteiger partial charge in [-0.2, -0.15) is 0 Å². The smallest absolute Gasteiger partial charge is 0.224 e. The molecule has 0 saturated carbocycles. The van der Waals surface area contributed by atoms with Gasteiger partial charge in [-0.1, -0.05) is 48.0 Å². The van der Waals surface area contributed by atoms with E-state index in [0.717, 1.165) is 67.2 Å². The molecular weight excluding hydrogens is 466 g/mol. The van der Waals surface area contributed by atoms with E-state index in [0.29, 0.717) is 6.42 Å². The first-order valence-electron chi connectivity index (χ1n) is 13.1. The van der Waals surface area contributed by atoms with E-state index in [-0.39, 0.29) is 11.9 Å². The molecule has 1 fully saturated rings. The van der Waals surface area contributed by atoms with Crippen LogP contribution < -0.4 is 10.2 Å². The van der Waals surface area contributed by atoms with Crippen molar-refractivity contribution in [3.8, 4) is 11.1 Å². The quantitative estimate of drug-likeness (QED) is 0.495. The zero-order valence-electron chi connectivity index (χ0n) is 21.6. The Morgan fingerprint density at radius 1 is 0.944 bits per heavy atom. The van der Waals surface area contributed by atoms with Gasteiger partial charge in [-0.25, -0.2) is 0 Å². The lowest BCUT2D eigenvalue weighted by Crippen LogP contribution is -2.45. The number of likely N-dealkylation sites (N-methyl/N-ethyl adjacent to an activating group) is 1. The summed E-state index contributed by atoms with van der Waals surface area (Å²) in [5.74, 6) is 0.104. The van der Waals surface area contributed by atoms with E-state index < -0.39 is 0 Å². The summed E-state index contributed by atoms with van der Waals surface area (Å²) in [6, 6.07) is 19.0. The first kappa shape index (κ1) is 24.9. The summed E-state index contributed by atoms with van der Waals surface area (Å²) in [4.78, 5) is 17.9. The highest BCUT2D eigenvalue weighted by molar-refractivity contribution is 6.30. The van der Waals surface area contributed by atoms with Crippen molar-refractivity contribution in [3.05, 3.63) is 87.4 Å². The fraction of sp³-hybridized carbons (Fsp3) is 0.387. The Kier molecular flexibility index (Phi) is 7.36. The molecule has 0 bridgehead atoms. The van der Waals surface area contributed by atoms with Crippen molar-refractivity contribution in [2.24, 2.45) is 0 Å². The molecular formula is C31H36ClN3O. The van der Waals surface area contributed by atoms with Gasteiger partial charge in [-0.05, 0) is 97.3 Å². The summed E-state index contributed by atoms with van der Waals surface area (Å²) in [6.45, 7) is 8.61. The number of nitrogens with one attached hydrogen (secondary N) is 1. The molecule has 1 N–H and O–H groups in total. The molecule has 188 valence electrons. The molecule has 3 aromatic carbocycles. The molecule has 5 heteroatoms. The minimum Gasteiger partial charge on any atom is -0.369 e. The van der Waals surface area contributed by atoms with Gasteiger partial charge in [0.25, 0.3) is 0 Å². The molecule has 1 saturated heterocycles. The van der Waals surface area contributed by atoms with Crippen LogP contribution in [0.4, 0.5) is 5.69 Å². The lowest BCUT2D eigenvalue weighted by Gasteiger charge is -2.37. The maximum atomic E-state index is 13.0. The number of fused-ring (bicyclic) bond motifs is 1. The Hall–Kier alpha value is -2.82. The van der Waals surface area contributed by atoms with Gasteiger partial charge in [-0.15, -0.1) is 0 Å². The van der Waals surface area contributed by atoms with Gasteiger partial charge in [0.05, 0.1) is 6.42 Å². The van der Waals surface area contributed by atoms with Crippen LogP contribution in [0.15, 0.2) is 54.6 Å². The predicted octanol–water partition coefficient (Wildman–Crippen LogP) is 5.59. The zero-order valence-corrected chi connectivity index (χ0v) is 22.4. The number of rotatable bonds is 5. The molecule has 1 aliphatic carbocycles. The van der Waals surface area contributed by atoms with E-state index in [1.807, 2.05) is 12.1 Å². The second-order valence-corrected chi connectivity index (χ2v) is 10.9. The van der Waals surface area contributed by atoms with Crippen molar-refractivity contribution >= 4 is 23.2 Å². The SMILES string of the molecule is Cc1cc(Cl)ccc1-c1ccc(CC(=O)N[C@H]2CCc3c(C)ccc(N4CCN(C)CC4)c3C2)cc1. The second-order valence-electron chi connectivity index (χ2n) is 10.5. The molecule has 5 rings (SSSR count). The lowest BCUT2D eigenvalue weighted by molar-refractivity contribution is -0.121. The van der Waals surface area contributed by atoms with E-state index in [4.69, 9.17) is 11.6 Å². The van der Waals surface area contributed by atoms with Gasteiger partial charge in [0.1, 0.15) is 0 Å². The third-order valence-electron chi connectivity index (χ3n) is 7.86. The molecule has 2 aliphatic rings. The third kappa shape index (κ3) is 5.45. The Morgan fingerprint density at radius 2 is 1.69 bits per heavy atom. The van der Waals surface area contributed by atoms with Crippen molar-refractivity contribution in [1.29, 1.82) is 0 Å². The minimum atomic E-state index is 0.104. The molecule has 1 aliphatic heterocycles. The van der Waals surface area contributed by atoms with E-state index in [9.17, 15) is 4.79 Å². The summed E-state index contributed by atoms with van der Waals surface area (Å²) >= 11 is 6.11. The molecule has 0 radical (unpaired) electrons. The van der Waals surface area contributed by atoms with E-state index in [2.05, 4.69) is 78.5 Å². The lowest BCUT2D eigenvalue weighted by atomic mass is 9.84. The fourth-order valence-corrected chi connectivity index (χ4v) is 5.95. The van der Waals surface area contributed by atoms with Gasteiger partial charge in [-0.3, -0.25) is 4.79 Å². The maximum Gasteiger partial charge on any atom is 0.224 e. The normalized spacial score (nSPS) is 18.1. The zero-order chi connectivity index (χ0) is 25.2. The van der Waals surface area contributed by atoms with Gasteiger partial charge in [0, 0.05) is 42.9 Å². The van der Waals surface area contributed by atoms with Gasteiger partial charge in [0.15, 0.2) is 0 Å². The maximum absolute atomic E-state index is 13.0. The van der Waals surface area contributed by atoms with E-state index >= 15 is 0 Å².